The fraction of sp³-hybridized carbons (Fsp3) is 0.167. The molecule has 0 radical (unpaired) electrons. The number of nitrogens with one attached hydrogen (secondary N) is 1. The van der Waals surface area contributed by atoms with Crippen LogP contribution in [0.1, 0.15) is 9.75 Å². The molecule has 0 bridgehead atoms. The molecule has 3 rings (SSSR count). The molecule has 3 aromatic heterocycles. The van der Waals surface area contributed by atoms with Gasteiger partial charge in [0.15, 0.2) is 10.6 Å². The second-order valence-corrected chi connectivity index (χ2v) is 6.64. The molecule has 18 heavy (non-hydrogen) atoms. The summed E-state index contributed by atoms with van der Waals surface area (Å²) >= 11 is 8.78. The highest BCUT2D eigenvalue weighted by atomic mass is 32.1. The SMILES string of the molecule is Cc1ccc(Cn2c(-c3cccs3)n[nH]c2=S)s1. The summed E-state index contributed by atoms with van der Waals surface area (Å²) in [6, 6.07) is 8.37. The topological polar surface area (TPSA) is 33.6 Å². The van der Waals surface area contributed by atoms with E-state index in [4.69, 9.17) is 12.2 Å². The molecule has 3 nitrogen and oxygen atoms in total. The van der Waals surface area contributed by atoms with Crippen LogP contribution in [0.15, 0.2) is 29.6 Å². The maximum absolute atomic E-state index is 5.31. The first kappa shape index (κ1) is 11.8. The lowest BCUT2D eigenvalue weighted by Crippen LogP contribution is -2.00. The summed E-state index contributed by atoms with van der Waals surface area (Å²) in [6.07, 6.45) is 0. The molecule has 0 saturated carbocycles. The standard InChI is InChI=1S/C12H11N3S3/c1-8-4-5-9(18-8)7-15-11(13-14-12(15)16)10-3-2-6-17-10/h2-6H,7H2,1H3,(H,14,16). The van der Waals surface area contributed by atoms with Crippen molar-refractivity contribution in [2.24, 2.45) is 0 Å². The molecule has 0 spiro atoms. The Morgan fingerprint density at radius 3 is 2.94 bits per heavy atom. The van der Waals surface area contributed by atoms with E-state index in [-0.39, 0.29) is 0 Å². The van der Waals surface area contributed by atoms with Gasteiger partial charge in [-0.3, -0.25) is 9.67 Å². The highest BCUT2D eigenvalue weighted by Crippen LogP contribution is 2.24. The first-order valence-corrected chi connectivity index (χ1v) is 7.59. The molecular weight excluding hydrogens is 282 g/mol. The van der Waals surface area contributed by atoms with E-state index in [1.54, 1.807) is 22.7 Å². The average molecular weight is 293 g/mol. The van der Waals surface area contributed by atoms with E-state index in [9.17, 15) is 0 Å². The number of aromatic amines is 1. The van der Waals surface area contributed by atoms with Gasteiger partial charge in [-0.05, 0) is 42.7 Å². The Kier molecular flexibility index (Phi) is 3.15. The lowest BCUT2D eigenvalue weighted by atomic mass is 10.4. The molecule has 3 aromatic rings. The molecule has 0 aliphatic heterocycles. The van der Waals surface area contributed by atoms with Crippen molar-refractivity contribution >= 4 is 34.9 Å². The smallest absolute Gasteiger partial charge is 0.195 e. The Hall–Kier alpha value is -1.24. The van der Waals surface area contributed by atoms with Gasteiger partial charge in [-0.1, -0.05) is 6.07 Å². The van der Waals surface area contributed by atoms with Crippen LogP contribution in [0.5, 0.6) is 0 Å². The Labute approximate surface area is 118 Å². The Morgan fingerprint density at radius 1 is 1.39 bits per heavy atom. The van der Waals surface area contributed by atoms with Gasteiger partial charge in [0.05, 0.1) is 11.4 Å². The lowest BCUT2D eigenvalue weighted by molar-refractivity contribution is 0.804. The van der Waals surface area contributed by atoms with Gasteiger partial charge < -0.3 is 0 Å². The van der Waals surface area contributed by atoms with Crippen LogP contribution in [-0.2, 0) is 6.54 Å². The highest BCUT2D eigenvalue weighted by molar-refractivity contribution is 7.71. The number of H-pyrrole nitrogens is 1. The summed E-state index contributed by atoms with van der Waals surface area (Å²) in [4.78, 5) is 3.75. The average Bonchev–Trinajstić information content (AvgIpc) is 3.03. The van der Waals surface area contributed by atoms with E-state index in [0.29, 0.717) is 4.77 Å². The third-order valence-corrected chi connectivity index (χ3v) is 4.77. The van der Waals surface area contributed by atoms with Gasteiger partial charge in [0.2, 0.25) is 0 Å². The van der Waals surface area contributed by atoms with Gasteiger partial charge >= 0.3 is 0 Å². The number of aromatic nitrogens is 3. The van der Waals surface area contributed by atoms with E-state index in [2.05, 4.69) is 35.3 Å². The number of rotatable bonds is 3. The molecule has 0 amide bonds. The lowest BCUT2D eigenvalue weighted by Gasteiger charge is -2.03. The maximum atomic E-state index is 5.31. The molecule has 0 aromatic carbocycles. The van der Waals surface area contributed by atoms with Crippen LogP contribution >= 0.6 is 34.9 Å². The zero-order valence-corrected chi connectivity index (χ0v) is 12.2. The van der Waals surface area contributed by atoms with E-state index in [1.807, 2.05) is 16.0 Å². The molecule has 0 aliphatic carbocycles. The van der Waals surface area contributed by atoms with Crippen LogP contribution in [0.3, 0.4) is 0 Å². The Balaban J connectivity index is 2.01. The van der Waals surface area contributed by atoms with Crippen LogP contribution in [0.4, 0.5) is 0 Å². The Morgan fingerprint density at radius 2 is 2.28 bits per heavy atom. The van der Waals surface area contributed by atoms with Crippen LogP contribution in [0.2, 0.25) is 0 Å². The van der Waals surface area contributed by atoms with Crippen molar-refractivity contribution in [2.75, 3.05) is 0 Å². The largest absolute Gasteiger partial charge is 0.294 e. The Bertz CT molecular complexity index is 703. The van der Waals surface area contributed by atoms with Crippen molar-refractivity contribution in [2.45, 2.75) is 13.5 Å². The number of hydrogen-bond donors (Lipinski definition) is 1. The van der Waals surface area contributed by atoms with E-state index in [0.717, 1.165) is 17.2 Å². The van der Waals surface area contributed by atoms with E-state index < -0.39 is 0 Å². The first-order valence-electron chi connectivity index (χ1n) is 5.48. The molecule has 92 valence electrons. The van der Waals surface area contributed by atoms with E-state index >= 15 is 0 Å². The quantitative estimate of drug-likeness (QED) is 0.738. The summed E-state index contributed by atoms with van der Waals surface area (Å²) in [6.45, 7) is 2.89. The van der Waals surface area contributed by atoms with Crippen LogP contribution < -0.4 is 0 Å². The molecule has 0 unspecified atom stereocenters. The second kappa shape index (κ2) is 4.79. The normalized spacial score (nSPS) is 10.9. The van der Waals surface area contributed by atoms with Crippen molar-refractivity contribution in [1.29, 1.82) is 0 Å². The minimum absolute atomic E-state index is 0.671. The van der Waals surface area contributed by atoms with Crippen LogP contribution in [0.25, 0.3) is 10.7 Å². The fourth-order valence-electron chi connectivity index (χ4n) is 1.78. The molecule has 0 fully saturated rings. The van der Waals surface area contributed by atoms with Crippen LogP contribution in [0, 0.1) is 11.7 Å². The maximum Gasteiger partial charge on any atom is 0.195 e. The third kappa shape index (κ3) is 2.19. The fourth-order valence-corrected chi connectivity index (χ4v) is 3.58. The monoisotopic (exact) mass is 293 g/mol. The van der Waals surface area contributed by atoms with Gasteiger partial charge in [0, 0.05) is 9.75 Å². The summed E-state index contributed by atoms with van der Waals surface area (Å²) in [5.41, 5.74) is 0. The minimum atomic E-state index is 0.671. The molecule has 0 atom stereocenters. The van der Waals surface area contributed by atoms with Crippen molar-refractivity contribution < 1.29 is 0 Å². The van der Waals surface area contributed by atoms with Crippen molar-refractivity contribution in [3.8, 4) is 10.7 Å². The molecular formula is C12H11N3S3. The molecule has 6 heteroatoms. The van der Waals surface area contributed by atoms with Gasteiger partial charge in [0.1, 0.15) is 0 Å². The zero-order valence-electron chi connectivity index (χ0n) is 9.71. The van der Waals surface area contributed by atoms with Crippen molar-refractivity contribution in [3.63, 3.8) is 0 Å². The summed E-state index contributed by atoms with van der Waals surface area (Å²) < 4.78 is 2.72. The molecule has 0 aliphatic rings. The predicted octanol–water partition coefficient (Wildman–Crippen LogP) is 4.09. The van der Waals surface area contributed by atoms with Crippen LogP contribution in [-0.4, -0.2) is 14.8 Å². The van der Waals surface area contributed by atoms with Gasteiger partial charge in [-0.15, -0.1) is 22.7 Å². The summed E-state index contributed by atoms with van der Waals surface area (Å²) in [7, 11) is 0. The number of nitrogens with zero attached hydrogens (tertiary/aromatic N) is 2. The van der Waals surface area contributed by atoms with Crippen molar-refractivity contribution in [1.82, 2.24) is 14.8 Å². The number of thiophene rings is 2. The summed E-state index contributed by atoms with van der Waals surface area (Å²) in [5, 5.41) is 9.25. The number of aryl methyl sites for hydroxylation is 1. The number of hydrogen-bond acceptors (Lipinski definition) is 4. The minimum Gasteiger partial charge on any atom is -0.294 e. The second-order valence-electron chi connectivity index (χ2n) is 3.93. The first-order chi connectivity index (χ1) is 8.74. The highest BCUT2D eigenvalue weighted by Gasteiger charge is 2.10. The van der Waals surface area contributed by atoms with Crippen molar-refractivity contribution in [3.05, 3.63) is 44.2 Å². The molecule has 0 saturated heterocycles. The van der Waals surface area contributed by atoms with E-state index in [1.165, 1.54) is 9.75 Å². The molecule has 1 N–H and O–H groups in total. The zero-order chi connectivity index (χ0) is 12.5. The third-order valence-electron chi connectivity index (χ3n) is 2.61. The van der Waals surface area contributed by atoms with Gasteiger partial charge in [0.25, 0.3) is 0 Å². The van der Waals surface area contributed by atoms with Gasteiger partial charge in [-0.2, -0.15) is 5.10 Å². The molecule has 3 heterocycles. The predicted molar refractivity (Wildman–Crippen MR) is 78.9 cm³/mol. The van der Waals surface area contributed by atoms with Gasteiger partial charge in [-0.25, -0.2) is 0 Å². The summed E-state index contributed by atoms with van der Waals surface area (Å²) in [5.74, 6) is 0.918.